The summed E-state index contributed by atoms with van der Waals surface area (Å²) in [7, 11) is 0. The summed E-state index contributed by atoms with van der Waals surface area (Å²) in [6, 6.07) is 14.5. The Balaban J connectivity index is 1.37. The number of hydrogen-bond acceptors (Lipinski definition) is 4. The van der Waals surface area contributed by atoms with E-state index in [1.807, 2.05) is 24.4 Å². The minimum atomic E-state index is -0.685. The van der Waals surface area contributed by atoms with Crippen LogP contribution in [0.15, 0.2) is 55.0 Å². The van der Waals surface area contributed by atoms with Gasteiger partial charge >= 0.3 is 0 Å². The fourth-order valence-corrected chi connectivity index (χ4v) is 5.04. The quantitative estimate of drug-likeness (QED) is 0.791. The van der Waals surface area contributed by atoms with Crippen LogP contribution >= 0.6 is 0 Å². The van der Waals surface area contributed by atoms with E-state index >= 15 is 0 Å². The van der Waals surface area contributed by atoms with Crippen LogP contribution in [-0.2, 0) is 12.1 Å². The van der Waals surface area contributed by atoms with Crippen molar-refractivity contribution in [1.82, 2.24) is 19.5 Å². The summed E-state index contributed by atoms with van der Waals surface area (Å²) in [6.07, 6.45) is 6.76. The maximum absolute atomic E-state index is 11.6. The molecule has 3 heterocycles. The van der Waals surface area contributed by atoms with E-state index in [0.717, 1.165) is 43.7 Å². The van der Waals surface area contributed by atoms with Crippen LogP contribution in [0.4, 0.5) is 0 Å². The standard InChI is InChI=1S/C21H24N4O/c26-21(18-6-2-1-3-7-18)9-4-5-17-13-24(14-19(17)21)12-16-8-10-25-20(11-16)22-15-23-25/h1-3,6-8,10-11,15,17,19,26H,4-5,9,12-14H2/t17-,19+,21+/m0/s1. The van der Waals surface area contributed by atoms with Gasteiger partial charge in [-0.1, -0.05) is 30.3 Å². The van der Waals surface area contributed by atoms with E-state index < -0.39 is 5.60 Å². The van der Waals surface area contributed by atoms with E-state index in [-0.39, 0.29) is 0 Å². The second-order valence-electron chi connectivity index (χ2n) is 7.84. The molecule has 2 aromatic heterocycles. The number of pyridine rings is 1. The van der Waals surface area contributed by atoms with Crippen molar-refractivity contribution in [3.63, 3.8) is 0 Å². The van der Waals surface area contributed by atoms with Gasteiger partial charge in [-0.25, -0.2) is 9.50 Å². The van der Waals surface area contributed by atoms with Gasteiger partial charge in [0.25, 0.3) is 0 Å². The Hall–Kier alpha value is -2.24. The molecule has 3 aromatic rings. The summed E-state index contributed by atoms with van der Waals surface area (Å²) >= 11 is 0. The molecular weight excluding hydrogens is 324 g/mol. The smallest absolute Gasteiger partial charge is 0.155 e. The van der Waals surface area contributed by atoms with Crippen LogP contribution in [0.3, 0.4) is 0 Å². The van der Waals surface area contributed by atoms with Gasteiger partial charge in [0, 0.05) is 31.7 Å². The maximum Gasteiger partial charge on any atom is 0.155 e. The monoisotopic (exact) mass is 348 g/mol. The van der Waals surface area contributed by atoms with Crippen LogP contribution in [0.1, 0.15) is 30.4 Å². The van der Waals surface area contributed by atoms with Crippen LogP contribution < -0.4 is 0 Å². The summed E-state index contributed by atoms with van der Waals surface area (Å²) in [4.78, 5) is 6.78. The summed E-state index contributed by atoms with van der Waals surface area (Å²) in [5.41, 5.74) is 2.55. The first-order valence-electron chi connectivity index (χ1n) is 9.51. The van der Waals surface area contributed by atoms with Gasteiger partial charge in [0.2, 0.25) is 0 Å². The predicted octanol–water partition coefficient (Wildman–Crippen LogP) is 2.85. The lowest BCUT2D eigenvalue weighted by Crippen LogP contribution is -2.42. The van der Waals surface area contributed by atoms with Crippen LogP contribution in [0.2, 0.25) is 0 Å². The van der Waals surface area contributed by atoms with E-state index in [1.165, 1.54) is 12.0 Å². The first-order valence-corrected chi connectivity index (χ1v) is 9.51. The third-order valence-corrected chi connectivity index (χ3v) is 6.29. The normalized spacial score (nSPS) is 29.1. The van der Waals surface area contributed by atoms with Crippen LogP contribution in [-0.4, -0.2) is 37.7 Å². The molecule has 0 radical (unpaired) electrons. The molecule has 5 nitrogen and oxygen atoms in total. The van der Waals surface area contributed by atoms with Crippen molar-refractivity contribution in [3.05, 3.63) is 66.1 Å². The van der Waals surface area contributed by atoms with Crippen molar-refractivity contribution in [2.45, 2.75) is 31.4 Å². The van der Waals surface area contributed by atoms with Crippen LogP contribution in [0, 0.1) is 11.8 Å². The Morgan fingerprint density at radius 2 is 2.04 bits per heavy atom. The average Bonchev–Trinajstić information content (AvgIpc) is 3.29. The molecule has 3 atom stereocenters. The molecule has 2 fully saturated rings. The highest BCUT2D eigenvalue weighted by molar-refractivity contribution is 5.39. The molecule has 0 amide bonds. The van der Waals surface area contributed by atoms with Crippen molar-refractivity contribution in [2.75, 3.05) is 13.1 Å². The van der Waals surface area contributed by atoms with Gasteiger partial charge in [-0.2, -0.15) is 5.10 Å². The third-order valence-electron chi connectivity index (χ3n) is 6.29. The lowest BCUT2D eigenvalue weighted by atomic mass is 9.67. The number of fused-ring (bicyclic) bond motifs is 2. The largest absolute Gasteiger partial charge is 0.385 e. The molecule has 1 aliphatic carbocycles. The van der Waals surface area contributed by atoms with Crippen molar-refractivity contribution in [3.8, 4) is 0 Å². The van der Waals surface area contributed by atoms with E-state index in [9.17, 15) is 5.11 Å². The molecule has 0 bridgehead atoms. The first kappa shape index (κ1) is 16.0. The lowest BCUT2D eigenvalue weighted by Gasteiger charge is -2.41. The second-order valence-corrected chi connectivity index (χ2v) is 7.84. The topological polar surface area (TPSA) is 53.7 Å². The van der Waals surface area contributed by atoms with Crippen LogP contribution in [0.5, 0.6) is 0 Å². The minimum absolute atomic E-state index is 0.315. The number of aromatic nitrogens is 3. The highest BCUT2D eigenvalue weighted by Crippen LogP contribution is 2.48. The van der Waals surface area contributed by atoms with Gasteiger partial charge < -0.3 is 5.11 Å². The van der Waals surface area contributed by atoms with E-state index in [2.05, 4.69) is 39.2 Å². The summed E-state index contributed by atoms with van der Waals surface area (Å²) in [5, 5.41) is 15.7. The molecular formula is C21H24N4O. The zero-order valence-corrected chi connectivity index (χ0v) is 14.8. The Labute approximate surface area is 153 Å². The summed E-state index contributed by atoms with van der Waals surface area (Å²) in [6.45, 7) is 2.92. The Morgan fingerprint density at radius 1 is 1.15 bits per heavy atom. The molecule has 1 aliphatic heterocycles. The number of rotatable bonds is 3. The SMILES string of the molecule is O[C@@]1(c2ccccc2)CCC[C@H]2CN(Cc3ccn4ncnc4c3)C[C@H]21. The lowest BCUT2D eigenvalue weighted by molar-refractivity contribution is -0.0648. The van der Waals surface area contributed by atoms with Crippen molar-refractivity contribution in [1.29, 1.82) is 0 Å². The molecule has 2 aliphatic rings. The van der Waals surface area contributed by atoms with E-state index in [4.69, 9.17) is 0 Å². The highest BCUT2D eigenvalue weighted by Gasteiger charge is 2.49. The first-order chi connectivity index (χ1) is 12.7. The Morgan fingerprint density at radius 3 is 2.92 bits per heavy atom. The summed E-state index contributed by atoms with van der Waals surface area (Å²) < 4.78 is 1.79. The second kappa shape index (κ2) is 6.18. The van der Waals surface area contributed by atoms with Gasteiger partial charge in [-0.05, 0) is 48.4 Å². The average molecular weight is 348 g/mol. The Kier molecular flexibility index (Phi) is 3.80. The summed E-state index contributed by atoms with van der Waals surface area (Å²) in [5.74, 6) is 0.890. The molecule has 5 heteroatoms. The van der Waals surface area contributed by atoms with Gasteiger partial charge in [0.05, 0.1) is 5.60 Å². The molecule has 26 heavy (non-hydrogen) atoms. The van der Waals surface area contributed by atoms with Crippen LogP contribution in [0.25, 0.3) is 5.65 Å². The highest BCUT2D eigenvalue weighted by atomic mass is 16.3. The molecule has 1 aromatic carbocycles. The molecule has 5 rings (SSSR count). The van der Waals surface area contributed by atoms with Gasteiger partial charge in [0.1, 0.15) is 6.33 Å². The van der Waals surface area contributed by atoms with Crippen molar-refractivity contribution >= 4 is 5.65 Å². The molecule has 1 N–H and O–H groups in total. The zero-order chi connectivity index (χ0) is 17.6. The maximum atomic E-state index is 11.6. The fraction of sp³-hybridized carbons (Fsp3) is 0.429. The minimum Gasteiger partial charge on any atom is -0.385 e. The zero-order valence-electron chi connectivity index (χ0n) is 14.8. The molecule has 1 saturated carbocycles. The predicted molar refractivity (Wildman–Crippen MR) is 99.4 cm³/mol. The molecule has 134 valence electrons. The fourth-order valence-electron chi connectivity index (χ4n) is 5.04. The van der Waals surface area contributed by atoms with Gasteiger partial charge in [0.15, 0.2) is 5.65 Å². The van der Waals surface area contributed by atoms with E-state index in [0.29, 0.717) is 11.8 Å². The number of aliphatic hydroxyl groups is 1. The Bertz CT molecular complexity index is 909. The number of nitrogens with zero attached hydrogens (tertiary/aromatic N) is 4. The van der Waals surface area contributed by atoms with Gasteiger partial charge in [-0.3, -0.25) is 4.90 Å². The molecule has 0 spiro atoms. The van der Waals surface area contributed by atoms with Crippen molar-refractivity contribution < 1.29 is 5.11 Å². The molecule has 1 saturated heterocycles. The molecule has 0 unspecified atom stereocenters. The van der Waals surface area contributed by atoms with Gasteiger partial charge in [-0.15, -0.1) is 0 Å². The number of hydrogen-bond donors (Lipinski definition) is 1. The number of benzene rings is 1. The third kappa shape index (κ3) is 2.63. The van der Waals surface area contributed by atoms with Crippen molar-refractivity contribution in [2.24, 2.45) is 11.8 Å². The van der Waals surface area contributed by atoms with E-state index in [1.54, 1.807) is 10.8 Å². The number of likely N-dealkylation sites (tertiary alicyclic amines) is 1.